The Morgan fingerprint density at radius 2 is 0.557 bits per heavy atom. The Kier molecular flexibility index (Phi) is 54.4. The summed E-state index contributed by atoms with van der Waals surface area (Å²) in [5.74, 6) is -0.902. The Balaban J connectivity index is 4.06. The van der Waals surface area contributed by atoms with E-state index in [9.17, 15) is 14.4 Å². The Labute approximate surface area is 431 Å². The summed E-state index contributed by atoms with van der Waals surface area (Å²) in [6.07, 6.45) is 78.4. The van der Waals surface area contributed by atoms with Crippen LogP contribution in [0.15, 0.2) is 109 Å². The van der Waals surface area contributed by atoms with Gasteiger partial charge in [0.25, 0.3) is 0 Å². The van der Waals surface area contributed by atoms with Crippen LogP contribution in [0.1, 0.15) is 258 Å². The number of rotatable bonds is 51. The van der Waals surface area contributed by atoms with E-state index in [1.54, 1.807) is 0 Å². The average Bonchev–Trinajstić information content (AvgIpc) is 3.36. The van der Waals surface area contributed by atoms with Crippen LogP contribution in [0.25, 0.3) is 0 Å². The molecule has 0 bridgehead atoms. The summed E-state index contributed by atoms with van der Waals surface area (Å²) in [6.45, 7) is 6.44. The summed E-state index contributed by atoms with van der Waals surface area (Å²) in [5.41, 5.74) is 0. The van der Waals surface area contributed by atoms with Crippen molar-refractivity contribution in [3.8, 4) is 0 Å². The van der Waals surface area contributed by atoms with Crippen molar-refractivity contribution < 1.29 is 28.6 Å². The second-order valence-corrected chi connectivity index (χ2v) is 18.8. The molecule has 0 rings (SSSR count). The van der Waals surface area contributed by atoms with Crippen molar-refractivity contribution in [2.45, 2.75) is 264 Å². The lowest BCUT2D eigenvalue weighted by Gasteiger charge is -2.18. The van der Waals surface area contributed by atoms with Gasteiger partial charge in [0, 0.05) is 19.3 Å². The van der Waals surface area contributed by atoms with Crippen molar-refractivity contribution in [1.82, 2.24) is 0 Å². The van der Waals surface area contributed by atoms with Crippen molar-refractivity contribution in [2.24, 2.45) is 0 Å². The summed E-state index contributed by atoms with van der Waals surface area (Å²) >= 11 is 0. The van der Waals surface area contributed by atoms with Crippen LogP contribution >= 0.6 is 0 Å². The molecule has 0 aromatic rings. The molecule has 6 nitrogen and oxygen atoms in total. The van der Waals surface area contributed by atoms with Crippen LogP contribution in [0.3, 0.4) is 0 Å². The minimum Gasteiger partial charge on any atom is -0.462 e. The molecule has 0 aliphatic carbocycles. The molecule has 0 spiro atoms. The van der Waals surface area contributed by atoms with E-state index in [0.717, 1.165) is 122 Å². The smallest absolute Gasteiger partial charge is 0.306 e. The van der Waals surface area contributed by atoms with Crippen LogP contribution in [-0.4, -0.2) is 37.2 Å². The van der Waals surface area contributed by atoms with Gasteiger partial charge in [-0.25, -0.2) is 0 Å². The normalized spacial score (nSPS) is 12.9. The van der Waals surface area contributed by atoms with Gasteiger partial charge in [-0.05, 0) is 89.9 Å². The number of carbonyl (C=O) groups is 3. The van der Waals surface area contributed by atoms with Gasteiger partial charge in [-0.2, -0.15) is 0 Å². The molecular weight excluding hydrogens is 865 g/mol. The molecule has 0 fully saturated rings. The van der Waals surface area contributed by atoms with Gasteiger partial charge >= 0.3 is 17.9 Å². The summed E-state index contributed by atoms with van der Waals surface area (Å²) in [7, 11) is 0. The fraction of sp³-hybridized carbons (Fsp3) is 0.672. The van der Waals surface area contributed by atoms with Crippen LogP contribution in [-0.2, 0) is 28.6 Å². The highest BCUT2D eigenvalue weighted by Crippen LogP contribution is 2.15. The van der Waals surface area contributed by atoms with Crippen LogP contribution in [0.4, 0.5) is 0 Å². The van der Waals surface area contributed by atoms with Gasteiger partial charge in [0.2, 0.25) is 0 Å². The zero-order valence-electron chi connectivity index (χ0n) is 45.5. The fourth-order valence-electron chi connectivity index (χ4n) is 7.73. The molecule has 6 heteroatoms. The standard InChI is InChI=1S/C64H106O6/c1-4-7-10-13-16-18-20-21-22-23-24-25-26-27-28-29-30-31-32-33-34-35-36-37-38-39-40-41-42-43-45-46-48-51-54-57-63(66)69-60-61(59-68-62(65)56-53-50-15-12-9-6-3)70-64(67)58-55-52-49-47-44-19-17-14-11-8-5-2/h7,10,16,18,21-22,24-25,27-28,30-31,33-34,36-37,39-40,61H,4-6,8-9,11-15,17,19-20,23,26,29,32,35,38,41-60H2,1-3H3/b10-7-,18-16-,22-21-,25-24-,28-27-,31-30-,34-33-,37-36-,40-39-. The molecule has 1 atom stereocenters. The lowest BCUT2D eigenvalue weighted by Crippen LogP contribution is -2.30. The van der Waals surface area contributed by atoms with E-state index in [1.165, 1.54) is 96.3 Å². The number of unbranched alkanes of at least 4 members (excludes halogenated alkanes) is 22. The summed E-state index contributed by atoms with van der Waals surface area (Å²) < 4.78 is 16.7. The maximum atomic E-state index is 12.7. The molecule has 1 unspecified atom stereocenters. The first-order valence-corrected chi connectivity index (χ1v) is 28.9. The van der Waals surface area contributed by atoms with Gasteiger partial charge in [0.05, 0.1) is 0 Å². The van der Waals surface area contributed by atoms with Crippen LogP contribution in [0.2, 0.25) is 0 Å². The van der Waals surface area contributed by atoms with Gasteiger partial charge in [-0.1, -0.05) is 259 Å². The third-order valence-corrected chi connectivity index (χ3v) is 12.0. The zero-order valence-corrected chi connectivity index (χ0v) is 45.5. The monoisotopic (exact) mass is 971 g/mol. The van der Waals surface area contributed by atoms with Crippen LogP contribution < -0.4 is 0 Å². The Bertz CT molecular complexity index is 1440. The number of hydrogen-bond donors (Lipinski definition) is 0. The van der Waals surface area contributed by atoms with Crippen molar-refractivity contribution in [3.63, 3.8) is 0 Å². The highest BCUT2D eigenvalue weighted by Gasteiger charge is 2.19. The molecule has 398 valence electrons. The van der Waals surface area contributed by atoms with Crippen molar-refractivity contribution in [3.05, 3.63) is 109 Å². The van der Waals surface area contributed by atoms with Gasteiger partial charge in [0.15, 0.2) is 6.10 Å². The molecule has 0 aliphatic rings. The number of hydrogen-bond acceptors (Lipinski definition) is 6. The van der Waals surface area contributed by atoms with Crippen LogP contribution in [0.5, 0.6) is 0 Å². The number of esters is 3. The van der Waals surface area contributed by atoms with E-state index in [1.807, 2.05) is 0 Å². The Hall–Kier alpha value is -3.93. The van der Waals surface area contributed by atoms with Crippen LogP contribution in [0, 0.1) is 0 Å². The van der Waals surface area contributed by atoms with Gasteiger partial charge < -0.3 is 14.2 Å². The molecule has 70 heavy (non-hydrogen) atoms. The lowest BCUT2D eigenvalue weighted by molar-refractivity contribution is -0.167. The van der Waals surface area contributed by atoms with Gasteiger partial charge in [0.1, 0.15) is 13.2 Å². The molecular formula is C64H106O6. The molecule has 0 aliphatic heterocycles. The van der Waals surface area contributed by atoms with E-state index < -0.39 is 6.10 Å². The number of carbonyl (C=O) groups excluding carboxylic acids is 3. The molecule has 0 saturated carbocycles. The maximum absolute atomic E-state index is 12.7. The molecule has 0 amide bonds. The molecule has 0 saturated heterocycles. The SMILES string of the molecule is CC/C=C\C/C=C\C/C=C\C/C=C\C/C=C\C/C=C\C/C=C\C/C=C\C/C=C\CCCCCCCCCC(=O)OCC(COC(=O)CCCCCCCC)OC(=O)CCCCCCCCCCCCC. The molecule has 0 aromatic heterocycles. The first kappa shape index (κ1) is 66.1. The second-order valence-electron chi connectivity index (χ2n) is 18.8. The predicted molar refractivity (Wildman–Crippen MR) is 302 cm³/mol. The third-order valence-electron chi connectivity index (χ3n) is 12.0. The van der Waals surface area contributed by atoms with E-state index in [4.69, 9.17) is 14.2 Å². The van der Waals surface area contributed by atoms with Crippen molar-refractivity contribution in [2.75, 3.05) is 13.2 Å². The number of allylic oxidation sites excluding steroid dienone is 18. The van der Waals surface area contributed by atoms with Crippen molar-refractivity contribution >= 4 is 17.9 Å². The molecule has 0 heterocycles. The van der Waals surface area contributed by atoms with Gasteiger partial charge in [-0.15, -0.1) is 0 Å². The summed E-state index contributed by atoms with van der Waals surface area (Å²) in [5, 5.41) is 0. The minimum atomic E-state index is -0.776. The quantitative estimate of drug-likeness (QED) is 0.0262. The lowest BCUT2D eigenvalue weighted by atomic mass is 10.1. The first-order chi connectivity index (χ1) is 34.5. The summed E-state index contributed by atoms with van der Waals surface area (Å²) in [4.78, 5) is 37.7. The maximum Gasteiger partial charge on any atom is 0.306 e. The Morgan fingerprint density at radius 1 is 0.300 bits per heavy atom. The van der Waals surface area contributed by atoms with E-state index >= 15 is 0 Å². The molecule has 0 aromatic carbocycles. The van der Waals surface area contributed by atoms with Crippen molar-refractivity contribution in [1.29, 1.82) is 0 Å². The van der Waals surface area contributed by atoms with E-state index in [-0.39, 0.29) is 31.1 Å². The molecule has 0 N–H and O–H groups in total. The Morgan fingerprint density at radius 3 is 0.871 bits per heavy atom. The van der Waals surface area contributed by atoms with Gasteiger partial charge in [-0.3, -0.25) is 14.4 Å². The number of ether oxygens (including phenoxy) is 3. The topological polar surface area (TPSA) is 78.9 Å². The summed E-state index contributed by atoms with van der Waals surface area (Å²) in [6, 6.07) is 0. The fourth-order valence-corrected chi connectivity index (χ4v) is 7.73. The predicted octanol–water partition coefficient (Wildman–Crippen LogP) is 19.5. The third kappa shape index (κ3) is 55.0. The first-order valence-electron chi connectivity index (χ1n) is 28.9. The second kappa shape index (κ2) is 57.6. The highest BCUT2D eigenvalue weighted by molar-refractivity contribution is 5.71. The zero-order chi connectivity index (χ0) is 50.7. The minimum absolute atomic E-state index is 0.0795. The van der Waals surface area contributed by atoms with E-state index in [2.05, 4.69) is 130 Å². The highest BCUT2D eigenvalue weighted by atomic mass is 16.6. The largest absolute Gasteiger partial charge is 0.462 e. The average molecular weight is 972 g/mol. The molecule has 0 radical (unpaired) electrons. The van der Waals surface area contributed by atoms with E-state index in [0.29, 0.717) is 19.3 Å².